The van der Waals surface area contributed by atoms with E-state index in [1.807, 2.05) is 0 Å². The van der Waals surface area contributed by atoms with E-state index in [-0.39, 0.29) is 15.7 Å². The summed E-state index contributed by atoms with van der Waals surface area (Å²) in [5.74, 6) is -8.18. The Morgan fingerprint density at radius 2 is 1.50 bits per heavy atom. The fourth-order valence-electron chi connectivity index (χ4n) is 1.83. The number of halogens is 4. The van der Waals surface area contributed by atoms with Crippen molar-refractivity contribution in [2.45, 2.75) is 38.0 Å². The standard InChI is InChI=1S/C9H6Cl2F2N2O2.C5H10.C2H4O2/c10-4-1-5(11)3-6(2-4)15-8(17)9(12,13)7(14)16;1-2-4-5-3-1;1-4-2-3/h1-3H,(H2,14,16)(H,15,17);1-5H2;2H,1H3. The van der Waals surface area contributed by atoms with Gasteiger partial charge < -0.3 is 15.8 Å². The van der Waals surface area contributed by atoms with Crippen LogP contribution in [0.25, 0.3) is 0 Å². The summed E-state index contributed by atoms with van der Waals surface area (Å²) < 4.78 is 29.6. The minimum Gasteiger partial charge on any atom is -0.471 e. The van der Waals surface area contributed by atoms with E-state index in [1.165, 1.54) is 57.4 Å². The van der Waals surface area contributed by atoms with Crippen molar-refractivity contribution in [1.29, 1.82) is 0 Å². The average molecular weight is 413 g/mol. The molecule has 1 saturated carbocycles. The lowest BCUT2D eigenvalue weighted by molar-refractivity contribution is -0.154. The second kappa shape index (κ2) is 12.4. The molecule has 0 spiro atoms. The van der Waals surface area contributed by atoms with Gasteiger partial charge >= 0.3 is 11.8 Å². The number of alkyl halides is 2. The second-order valence-electron chi connectivity index (χ2n) is 5.15. The van der Waals surface area contributed by atoms with E-state index in [9.17, 15) is 18.4 Å². The number of primary amides is 1. The van der Waals surface area contributed by atoms with Crippen molar-refractivity contribution in [2.75, 3.05) is 12.4 Å². The Hall–Kier alpha value is -1.93. The third-order valence-electron chi connectivity index (χ3n) is 3.06. The van der Waals surface area contributed by atoms with Gasteiger partial charge in [0.1, 0.15) is 0 Å². The Kier molecular flexibility index (Phi) is 11.5. The SMILES string of the molecule is C1CCCC1.COC=O.NC(=O)C(F)(F)C(=O)Nc1cc(Cl)cc(Cl)c1. The van der Waals surface area contributed by atoms with Crippen LogP contribution in [0.1, 0.15) is 32.1 Å². The van der Waals surface area contributed by atoms with Crippen LogP contribution in [-0.2, 0) is 19.1 Å². The van der Waals surface area contributed by atoms with E-state index in [2.05, 4.69) is 10.5 Å². The summed E-state index contributed by atoms with van der Waals surface area (Å²) in [6.45, 7) is 0.375. The Bertz CT molecular complexity index is 584. The monoisotopic (exact) mass is 412 g/mol. The molecule has 1 fully saturated rings. The molecule has 2 amide bonds. The molecule has 0 heterocycles. The van der Waals surface area contributed by atoms with Gasteiger partial charge in [0.05, 0.1) is 7.11 Å². The van der Waals surface area contributed by atoms with Crippen molar-refractivity contribution < 1.29 is 27.9 Å². The van der Waals surface area contributed by atoms with Crippen LogP contribution in [0.3, 0.4) is 0 Å². The number of hydrogen-bond donors (Lipinski definition) is 2. The van der Waals surface area contributed by atoms with Crippen LogP contribution < -0.4 is 11.1 Å². The maximum Gasteiger partial charge on any atom is 0.400 e. The van der Waals surface area contributed by atoms with Gasteiger partial charge in [-0.15, -0.1) is 0 Å². The molecule has 10 heteroatoms. The number of rotatable bonds is 4. The van der Waals surface area contributed by atoms with E-state index >= 15 is 0 Å². The molecule has 1 aromatic rings. The summed E-state index contributed by atoms with van der Waals surface area (Å²) >= 11 is 11.2. The zero-order valence-electron chi connectivity index (χ0n) is 14.1. The van der Waals surface area contributed by atoms with Crippen molar-refractivity contribution in [1.82, 2.24) is 0 Å². The number of hydrogen-bond acceptors (Lipinski definition) is 4. The number of anilines is 1. The fourth-order valence-corrected chi connectivity index (χ4v) is 2.36. The van der Waals surface area contributed by atoms with Crippen molar-refractivity contribution in [3.63, 3.8) is 0 Å². The number of carbonyl (C=O) groups is 3. The number of nitrogens with one attached hydrogen (secondary N) is 1. The summed E-state index contributed by atoms with van der Waals surface area (Å²) in [6, 6.07) is 3.75. The number of methoxy groups -OCH3 is 1. The molecule has 146 valence electrons. The Morgan fingerprint density at radius 1 is 1.12 bits per heavy atom. The first-order valence-corrected chi connectivity index (χ1v) is 8.32. The smallest absolute Gasteiger partial charge is 0.400 e. The largest absolute Gasteiger partial charge is 0.471 e. The Morgan fingerprint density at radius 3 is 1.81 bits per heavy atom. The second-order valence-corrected chi connectivity index (χ2v) is 6.02. The van der Waals surface area contributed by atoms with Crippen LogP contribution in [0.5, 0.6) is 0 Å². The predicted octanol–water partition coefficient (Wildman–Crippen LogP) is 3.79. The topological polar surface area (TPSA) is 98.5 Å². The van der Waals surface area contributed by atoms with Gasteiger partial charge in [0.2, 0.25) is 0 Å². The van der Waals surface area contributed by atoms with Gasteiger partial charge in [-0.25, -0.2) is 0 Å². The van der Waals surface area contributed by atoms with E-state index in [0.717, 1.165) is 0 Å². The molecule has 0 aliphatic heterocycles. The van der Waals surface area contributed by atoms with Gasteiger partial charge in [-0.1, -0.05) is 55.3 Å². The van der Waals surface area contributed by atoms with Gasteiger partial charge in [-0.3, -0.25) is 14.4 Å². The van der Waals surface area contributed by atoms with E-state index in [1.54, 1.807) is 5.32 Å². The molecule has 0 radical (unpaired) electrons. The summed E-state index contributed by atoms with van der Waals surface area (Å²) in [5, 5.41) is 2.08. The molecule has 1 aliphatic rings. The molecular weight excluding hydrogens is 393 g/mol. The van der Waals surface area contributed by atoms with Crippen LogP contribution in [0.2, 0.25) is 10.0 Å². The van der Waals surface area contributed by atoms with E-state index < -0.39 is 17.7 Å². The first kappa shape index (κ1) is 24.1. The molecule has 26 heavy (non-hydrogen) atoms. The molecule has 1 aromatic carbocycles. The molecule has 0 unspecified atom stereocenters. The molecule has 0 saturated heterocycles. The Labute approximate surface area is 160 Å². The van der Waals surface area contributed by atoms with Crippen molar-refractivity contribution in [2.24, 2.45) is 5.73 Å². The third-order valence-corrected chi connectivity index (χ3v) is 3.50. The first-order valence-electron chi connectivity index (χ1n) is 7.56. The van der Waals surface area contributed by atoms with Crippen LogP contribution in [0.15, 0.2) is 18.2 Å². The maximum absolute atomic E-state index is 12.9. The molecule has 1 aliphatic carbocycles. The highest BCUT2D eigenvalue weighted by Gasteiger charge is 2.45. The van der Waals surface area contributed by atoms with Gasteiger partial charge in [0.25, 0.3) is 12.4 Å². The van der Waals surface area contributed by atoms with Gasteiger partial charge in [0.15, 0.2) is 0 Å². The number of carbonyl (C=O) groups excluding carboxylic acids is 3. The average Bonchev–Trinajstić information content (AvgIpc) is 3.13. The lowest BCUT2D eigenvalue weighted by Crippen LogP contribution is -2.46. The zero-order chi connectivity index (χ0) is 20.2. The minimum absolute atomic E-state index is 0.0616. The summed E-state index contributed by atoms with van der Waals surface area (Å²) in [6.07, 6.45) is 7.50. The van der Waals surface area contributed by atoms with E-state index in [0.29, 0.717) is 6.47 Å². The number of benzene rings is 1. The lowest BCUT2D eigenvalue weighted by atomic mass is 10.2. The highest BCUT2D eigenvalue weighted by Crippen LogP contribution is 2.24. The van der Waals surface area contributed by atoms with E-state index in [4.69, 9.17) is 28.0 Å². The fraction of sp³-hybridized carbons (Fsp3) is 0.438. The Balaban J connectivity index is 0.000000566. The normalized spacial score (nSPS) is 12.7. The maximum atomic E-state index is 12.9. The first-order chi connectivity index (χ1) is 12.1. The number of amides is 2. The molecule has 0 atom stereocenters. The predicted molar refractivity (Wildman–Crippen MR) is 95.4 cm³/mol. The van der Waals surface area contributed by atoms with Crippen LogP contribution in [0.4, 0.5) is 14.5 Å². The summed E-state index contributed by atoms with van der Waals surface area (Å²) in [7, 11) is 1.31. The zero-order valence-corrected chi connectivity index (χ0v) is 15.6. The molecule has 0 aromatic heterocycles. The van der Waals surface area contributed by atoms with Crippen molar-refractivity contribution in [3.05, 3.63) is 28.2 Å². The van der Waals surface area contributed by atoms with Crippen LogP contribution in [0, 0.1) is 0 Å². The minimum atomic E-state index is -4.30. The molecule has 0 bridgehead atoms. The highest BCUT2D eigenvalue weighted by atomic mass is 35.5. The van der Waals surface area contributed by atoms with Gasteiger partial charge in [-0.2, -0.15) is 8.78 Å². The van der Waals surface area contributed by atoms with Gasteiger partial charge in [-0.05, 0) is 18.2 Å². The molecule has 2 rings (SSSR count). The molecule has 3 N–H and O–H groups in total. The number of nitrogens with two attached hydrogens (primary N) is 1. The third kappa shape index (κ3) is 9.53. The van der Waals surface area contributed by atoms with Crippen LogP contribution >= 0.6 is 23.2 Å². The number of ether oxygens (including phenoxy) is 1. The summed E-state index contributed by atoms with van der Waals surface area (Å²) in [5.41, 5.74) is 4.32. The highest BCUT2D eigenvalue weighted by molar-refractivity contribution is 6.35. The lowest BCUT2D eigenvalue weighted by Gasteiger charge is -2.12. The summed E-state index contributed by atoms with van der Waals surface area (Å²) in [4.78, 5) is 30.3. The van der Waals surface area contributed by atoms with Crippen molar-refractivity contribution in [3.8, 4) is 0 Å². The quantitative estimate of drug-likeness (QED) is 0.580. The molecule has 6 nitrogen and oxygen atoms in total. The van der Waals surface area contributed by atoms with Crippen molar-refractivity contribution >= 4 is 47.2 Å². The van der Waals surface area contributed by atoms with Gasteiger partial charge in [0, 0.05) is 15.7 Å². The van der Waals surface area contributed by atoms with Crippen LogP contribution in [-0.4, -0.2) is 31.3 Å². The molecular formula is C16H20Cl2F2N2O4.